The first-order valence-corrected chi connectivity index (χ1v) is 4.73. The summed E-state index contributed by atoms with van der Waals surface area (Å²) in [5, 5.41) is 4.62. The smallest absolute Gasteiger partial charge is 0.311 e. The normalized spacial score (nSPS) is 10.4. The van der Waals surface area contributed by atoms with Crippen molar-refractivity contribution in [3.63, 3.8) is 0 Å². The lowest BCUT2D eigenvalue weighted by atomic mass is 10.1. The van der Waals surface area contributed by atoms with Crippen LogP contribution in [-0.4, -0.2) is 25.3 Å². The van der Waals surface area contributed by atoms with Crippen LogP contribution < -0.4 is 4.74 Å². The van der Waals surface area contributed by atoms with E-state index in [1.165, 1.54) is 7.11 Å². The highest BCUT2D eigenvalue weighted by Crippen LogP contribution is 2.23. The molecule has 1 aromatic carbocycles. The molecule has 0 spiro atoms. The minimum absolute atomic E-state index is 0.107. The first kappa shape index (κ1) is 10.5. The number of rotatable bonds is 3. The zero-order valence-corrected chi connectivity index (χ0v) is 9.02. The van der Waals surface area contributed by atoms with Crippen molar-refractivity contribution in [3.8, 4) is 5.75 Å². The van der Waals surface area contributed by atoms with E-state index in [0.29, 0.717) is 17.0 Å². The van der Waals surface area contributed by atoms with Gasteiger partial charge in [0, 0.05) is 11.5 Å². The van der Waals surface area contributed by atoms with E-state index in [9.17, 15) is 4.79 Å². The Morgan fingerprint density at radius 2 is 2.25 bits per heavy atom. The molecule has 0 N–H and O–H groups in total. The quantitative estimate of drug-likeness (QED) is 0.736. The third kappa shape index (κ3) is 1.84. The van der Waals surface area contributed by atoms with Crippen molar-refractivity contribution in [2.24, 2.45) is 0 Å². The molecule has 0 unspecified atom stereocenters. The molecule has 2 aromatic rings. The van der Waals surface area contributed by atoms with Gasteiger partial charge in [-0.3, -0.25) is 4.79 Å². The van der Waals surface area contributed by atoms with E-state index < -0.39 is 0 Å². The molecule has 2 rings (SSSR count). The summed E-state index contributed by atoms with van der Waals surface area (Å²) in [4.78, 5) is 11.1. The Morgan fingerprint density at radius 1 is 1.44 bits per heavy atom. The number of fused-ring (bicyclic) bond motifs is 1. The Morgan fingerprint density at radius 3 is 2.94 bits per heavy atom. The standard InChI is InChI=1S/C11H11NO4/c1-14-7-3-4-8-9(6-11(13)15-2)12-16-10(8)5-7/h3-5H,6H2,1-2H3. The number of carbonyl (C=O) groups is 1. The van der Waals surface area contributed by atoms with E-state index in [1.54, 1.807) is 19.2 Å². The molecule has 0 aliphatic rings. The largest absolute Gasteiger partial charge is 0.497 e. The maximum atomic E-state index is 11.1. The van der Waals surface area contributed by atoms with Crippen LogP contribution in [0, 0.1) is 0 Å². The van der Waals surface area contributed by atoms with Crippen LogP contribution in [0.15, 0.2) is 22.7 Å². The van der Waals surface area contributed by atoms with Gasteiger partial charge < -0.3 is 14.0 Å². The predicted molar refractivity (Wildman–Crippen MR) is 56.3 cm³/mol. The summed E-state index contributed by atoms with van der Waals surface area (Å²) in [7, 11) is 2.92. The van der Waals surface area contributed by atoms with Gasteiger partial charge in [-0.05, 0) is 12.1 Å². The fraction of sp³-hybridized carbons (Fsp3) is 0.273. The topological polar surface area (TPSA) is 61.6 Å². The molecule has 16 heavy (non-hydrogen) atoms. The summed E-state index contributed by atoms with van der Waals surface area (Å²) in [5.41, 5.74) is 1.17. The second kappa shape index (κ2) is 4.22. The third-order valence-corrected chi connectivity index (χ3v) is 2.29. The van der Waals surface area contributed by atoms with Crippen molar-refractivity contribution < 1.29 is 18.8 Å². The van der Waals surface area contributed by atoms with Crippen molar-refractivity contribution in [1.29, 1.82) is 0 Å². The van der Waals surface area contributed by atoms with Gasteiger partial charge in [-0.2, -0.15) is 0 Å². The molecule has 0 fully saturated rings. The van der Waals surface area contributed by atoms with E-state index in [4.69, 9.17) is 9.26 Å². The number of hydrogen-bond donors (Lipinski definition) is 0. The number of hydrogen-bond acceptors (Lipinski definition) is 5. The second-order valence-electron chi connectivity index (χ2n) is 3.24. The number of nitrogens with zero attached hydrogens (tertiary/aromatic N) is 1. The van der Waals surface area contributed by atoms with Gasteiger partial charge in [0.2, 0.25) is 0 Å². The molecule has 0 aliphatic heterocycles. The van der Waals surface area contributed by atoms with Crippen LogP contribution in [0.5, 0.6) is 5.75 Å². The maximum Gasteiger partial charge on any atom is 0.311 e. The maximum absolute atomic E-state index is 11.1. The lowest BCUT2D eigenvalue weighted by molar-refractivity contribution is -0.139. The number of carbonyl (C=O) groups excluding carboxylic acids is 1. The van der Waals surface area contributed by atoms with E-state index in [2.05, 4.69) is 9.89 Å². The van der Waals surface area contributed by atoms with Crippen LogP contribution in [0.25, 0.3) is 11.0 Å². The van der Waals surface area contributed by atoms with E-state index in [-0.39, 0.29) is 12.4 Å². The molecule has 0 atom stereocenters. The number of aromatic nitrogens is 1. The lowest BCUT2D eigenvalue weighted by Crippen LogP contribution is -2.04. The number of esters is 1. The van der Waals surface area contributed by atoms with Crippen molar-refractivity contribution in [2.75, 3.05) is 14.2 Å². The van der Waals surface area contributed by atoms with Gasteiger partial charge in [0.1, 0.15) is 11.4 Å². The lowest BCUT2D eigenvalue weighted by Gasteiger charge is -1.98. The third-order valence-electron chi connectivity index (χ3n) is 2.29. The summed E-state index contributed by atoms with van der Waals surface area (Å²) in [6, 6.07) is 5.33. The van der Waals surface area contributed by atoms with Crippen molar-refractivity contribution in [1.82, 2.24) is 5.16 Å². The Kier molecular flexibility index (Phi) is 2.76. The molecule has 5 nitrogen and oxygen atoms in total. The van der Waals surface area contributed by atoms with Crippen molar-refractivity contribution >= 4 is 16.9 Å². The number of benzene rings is 1. The molecule has 1 heterocycles. The fourth-order valence-electron chi connectivity index (χ4n) is 1.43. The van der Waals surface area contributed by atoms with Gasteiger partial charge in [-0.1, -0.05) is 5.16 Å². The van der Waals surface area contributed by atoms with Crippen LogP contribution in [-0.2, 0) is 16.0 Å². The van der Waals surface area contributed by atoms with E-state index >= 15 is 0 Å². The minimum Gasteiger partial charge on any atom is -0.497 e. The van der Waals surface area contributed by atoms with Crippen LogP contribution in [0.3, 0.4) is 0 Å². The molecule has 0 amide bonds. The summed E-state index contributed by atoms with van der Waals surface area (Å²) < 4.78 is 14.7. The first-order chi connectivity index (χ1) is 7.74. The summed E-state index contributed by atoms with van der Waals surface area (Å²) in [6.45, 7) is 0. The molecule has 0 saturated heterocycles. The molecule has 0 radical (unpaired) electrons. The average Bonchev–Trinajstić information content (AvgIpc) is 2.71. The van der Waals surface area contributed by atoms with Gasteiger partial charge in [0.15, 0.2) is 5.58 Å². The van der Waals surface area contributed by atoms with Gasteiger partial charge in [0.25, 0.3) is 0 Å². The number of methoxy groups -OCH3 is 2. The Labute approximate surface area is 91.9 Å². The number of ether oxygens (including phenoxy) is 2. The van der Waals surface area contributed by atoms with Crippen molar-refractivity contribution in [3.05, 3.63) is 23.9 Å². The van der Waals surface area contributed by atoms with Crippen LogP contribution in [0.4, 0.5) is 0 Å². The Balaban J connectivity index is 2.37. The van der Waals surface area contributed by atoms with E-state index in [0.717, 1.165) is 5.39 Å². The monoisotopic (exact) mass is 221 g/mol. The summed E-state index contributed by atoms with van der Waals surface area (Å²) in [6.07, 6.45) is 0.107. The molecule has 5 heteroatoms. The predicted octanol–water partition coefficient (Wildman–Crippen LogP) is 1.55. The second-order valence-corrected chi connectivity index (χ2v) is 3.24. The Bertz CT molecular complexity index is 518. The van der Waals surface area contributed by atoms with Gasteiger partial charge in [-0.25, -0.2) is 0 Å². The average molecular weight is 221 g/mol. The van der Waals surface area contributed by atoms with E-state index in [1.807, 2.05) is 6.07 Å². The summed E-state index contributed by atoms with van der Waals surface area (Å²) >= 11 is 0. The van der Waals surface area contributed by atoms with Gasteiger partial charge >= 0.3 is 5.97 Å². The van der Waals surface area contributed by atoms with Gasteiger partial charge in [-0.15, -0.1) is 0 Å². The van der Waals surface area contributed by atoms with Gasteiger partial charge in [0.05, 0.1) is 20.6 Å². The van der Waals surface area contributed by atoms with Crippen molar-refractivity contribution in [2.45, 2.75) is 6.42 Å². The SMILES string of the molecule is COC(=O)Cc1noc2cc(OC)ccc12. The molecular weight excluding hydrogens is 210 g/mol. The highest BCUT2D eigenvalue weighted by Gasteiger charge is 2.12. The first-order valence-electron chi connectivity index (χ1n) is 4.73. The molecule has 0 saturated carbocycles. The van der Waals surface area contributed by atoms with Crippen LogP contribution >= 0.6 is 0 Å². The minimum atomic E-state index is -0.342. The summed E-state index contributed by atoms with van der Waals surface area (Å²) in [5.74, 6) is 0.347. The molecule has 0 aliphatic carbocycles. The Hall–Kier alpha value is -2.04. The molecule has 84 valence electrons. The highest BCUT2D eigenvalue weighted by molar-refractivity contribution is 5.85. The highest BCUT2D eigenvalue weighted by atomic mass is 16.5. The molecular formula is C11H11NO4. The van der Waals surface area contributed by atoms with Crippen LogP contribution in [0.1, 0.15) is 5.69 Å². The zero-order chi connectivity index (χ0) is 11.5. The van der Waals surface area contributed by atoms with Crippen LogP contribution in [0.2, 0.25) is 0 Å². The molecule has 1 aromatic heterocycles. The molecule has 0 bridgehead atoms. The zero-order valence-electron chi connectivity index (χ0n) is 9.02. The fourth-order valence-corrected chi connectivity index (χ4v) is 1.43.